The number of hydrogen-bond acceptors (Lipinski definition) is 5. The Balaban J connectivity index is 1.58. The van der Waals surface area contributed by atoms with Gasteiger partial charge in [0.25, 0.3) is 0 Å². The Labute approximate surface area is 192 Å². The lowest BCUT2D eigenvalue weighted by molar-refractivity contribution is -0.135. The summed E-state index contributed by atoms with van der Waals surface area (Å²) >= 11 is 6.42. The quantitative estimate of drug-likeness (QED) is 0.387. The fourth-order valence-corrected chi connectivity index (χ4v) is 4.20. The van der Waals surface area contributed by atoms with E-state index in [-0.39, 0.29) is 11.8 Å². The van der Waals surface area contributed by atoms with E-state index in [9.17, 15) is 4.79 Å². The minimum absolute atomic E-state index is 0.0124. The SMILES string of the molecule is Cc1cn(-c2ccc3c(c2)CCN(C(=O)C(C)C)C3)nc1Nc1ccc(N)c(C=N)c1Cl. The summed E-state index contributed by atoms with van der Waals surface area (Å²) in [6.45, 7) is 7.25. The monoisotopic (exact) mass is 450 g/mol. The van der Waals surface area contributed by atoms with Crippen molar-refractivity contribution in [2.24, 2.45) is 5.92 Å². The van der Waals surface area contributed by atoms with Gasteiger partial charge < -0.3 is 21.4 Å². The van der Waals surface area contributed by atoms with E-state index >= 15 is 0 Å². The van der Waals surface area contributed by atoms with Crippen LogP contribution in [0.3, 0.4) is 0 Å². The highest BCUT2D eigenvalue weighted by Gasteiger charge is 2.23. The van der Waals surface area contributed by atoms with Crippen LogP contribution >= 0.6 is 11.6 Å². The standard InChI is InChI=1S/C24H27ClN6O/c1-14(2)24(32)30-9-8-16-10-18(5-4-17(16)13-30)31-12-15(3)23(29-31)28-21-7-6-20(27)19(11-26)22(21)25/h4-7,10-12,14,26H,8-9,13,27H2,1-3H3,(H,28,29). The van der Waals surface area contributed by atoms with E-state index in [0.717, 1.165) is 30.4 Å². The highest BCUT2D eigenvalue weighted by molar-refractivity contribution is 6.36. The zero-order valence-electron chi connectivity index (χ0n) is 18.4. The molecule has 1 aliphatic rings. The van der Waals surface area contributed by atoms with Crippen LogP contribution in [-0.2, 0) is 17.8 Å². The molecular formula is C24H27ClN6O. The van der Waals surface area contributed by atoms with Gasteiger partial charge in [0.05, 0.1) is 16.4 Å². The average molecular weight is 451 g/mol. The number of aromatic nitrogens is 2. The van der Waals surface area contributed by atoms with Crippen LogP contribution in [0.25, 0.3) is 5.69 Å². The molecule has 32 heavy (non-hydrogen) atoms. The Morgan fingerprint density at radius 1 is 1.28 bits per heavy atom. The third-order valence-corrected chi connectivity index (χ3v) is 6.19. The lowest BCUT2D eigenvalue weighted by Crippen LogP contribution is -2.38. The minimum atomic E-state index is 0.0124. The molecule has 1 amide bonds. The highest BCUT2D eigenvalue weighted by Crippen LogP contribution is 2.32. The lowest BCUT2D eigenvalue weighted by atomic mass is 9.98. The van der Waals surface area contributed by atoms with Gasteiger partial charge in [0, 0.05) is 48.2 Å². The number of nitrogens with one attached hydrogen (secondary N) is 2. The van der Waals surface area contributed by atoms with Gasteiger partial charge in [-0.15, -0.1) is 5.10 Å². The Bertz CT molecular complexity index is 1200. The van der Waals surface area contributed by atoms with Crippen molar-refractivity contribution in [1.29, 1.82) is 5.41 Å². The Morgan fingerprint density at radius 3 is 2.78 bits per heavy atom. The number of anilines is 3. The summed E-state index contributed by atoms with van der Waals surface area (Å²) in [4.78, 5) is 14.3. The van der Waals surface area contributed by atoms with Crippen LogP contribution in [0, 0.1) is 18.3 Å². The number of fused-ring (bicyclic) bond motifs is 1. The number of hydrogen-bond donors (Lipinski definition) is 3. The molecule has 4 rings (SSSR count). The molecule has 0 aliphatic carbocycles. The number of carbonyl (C=O) groups is 1. The van der Waals surface area contributed by atoms with Crippen molar-refractivity contribution in [2.75, 3.05) is 17.6 Å². The van der Waals surface area contributed by atoms with Crippen molar-refractivity contribution in [3.8, 4) is 5.69 Å². The number of nitrogens with two attached hydrogens (primary N) is 1. The van der Waals surface area contributed by atoms with Crippen molar-refractivity contribution >= 4 is 40.9 Å². The van der Waals surface area contributed by atoms with Crippen LogP contribution in [0.5, 0.6) is 0 Å². The molecule has 0 spiro atoms. The first kappa shape index (κ1) is 21.9. The van der Waals surface area contributed by atoms with E-state index in [4.69, 9.17) is 27.8 Å². The van der Waals surface area contributed by atoms with Crippen molar-refractivity contribution in [1.82, 2.24) is 14.7 Å². The summed E-state index contributed by atoms with van der Waals surface area (Å²) in [5, 5.41) is 15.9. The number of carbonyl (C=O) groups excluding carboxylic acids is 1. The van der Waals surface area contributed by atoms with Gasteiger partial charge in [-0.1, -0.05) is 31.5 Å². The molecule has 0 atom stereocenters. The first-order valence-corrected chi connectivity index (χ1v) is 11.0. The molecule has 0 saturated carbocycles. The van der Waals surface area contributed by atoms with Crippen LogP contribution in [0.15, 0.2) is 36.5 Å². The van der Waals surface area contributed by atoms with Gasteiger partial charge in [0.1, 0.15) is 0 Å². The van der Waals surface area contributed by atoms with Crippen LogP contribution in [0.1, 0.15) is 36.1 Å². The van der Waals surface area contributed by atoms with E-state index in [1.165, 1.54) is 11.1 Å². The highest BCUT2D eigenvalue weighted by atomic mass is 35.5. The second-order valence-corrected chi connectivity index (χ2v) is 8.80. The second-order valence-electron chi connectivity index (χ2n) is 8.42. The number of halogens is 1. The molecule has 2 heterocycles. The molecule has 166 valence electrons. The summed E-state index contributed by atoms with van der Waals surface area (Å²) in [6, 6.07) is 9.76. The smallest absolute Gasteiger partial charge is 0.225 e. The molecule has 1 aliphatic heterocycles. The van der Waals surface area contributed by atoms with Crippen LogP contribution in [0.2, 0.25) is 5.02 Å². The molecule has 7 nitrogen and oxygen atoms in total. The molecule has 1 aromatic heterocycles. The summed E-state index contributed by atoms with van der Waals surface area (Å²) in [5.74, 6) is 0.892. The molecule has 8 heteroatoms. The van der Waals surface area contributed by atoms with Gasteiger partial charge in [-0.2, -0.15) is 0 Å². The predicted octanol–water partition coefficient (Wildman–Crippen LogP) is 4.70. The zero-order valence-corrected chi connectivity index (χ0v) is 19.2. The van der Waals surface area contributed by atoms with Crippen molar-refractivity contribution < 1.29 is 4.79 Å². The largest absolute Gasteiger partial charge is 0.398 e. The van der Waals surface area contributed by atoms with Gasteiger partial charge >= 0.3 is 0 Å². The van der Waals surface area contributed by atoms with Gasteiger partial charge in [-0.05, 0) is 48.7 Å². The molecule has 0 bridgehead atoms. The fourth-order valence-electron chi connectivity index (χ4n) is 3.93. The molecule has 3 aromatic rings. The van der Waals surface area contributed by atoms with E-state index in [0.29, 0.717) is 34.3 Å². The van der Waals surface area contributed by atoms with Gasteiger partial charge in [-0.3, -0.25) is 4.79 Å². The van der Waals surface area contributed by atoms with E-state index in [2.05, 4.69) is 17.4 Å². The van der Waals surface area contributed by atoms with Crippen LogP contribution in [-0.4, -0.2) is 33.3 Å². The molecule has 0 radical (unpaired) electrons. The average Bonchev–Trinajstić information content (AvgIpc) is 3.15. The Hall–Kier alpha value is -3.32. The molecule has 0 unspecified atom stereocenters. The summed E-state index contributed by atoms with van der Waals surface area (Å²) in [7, 11) is 0. The Kier molecular flexibility index (Phi) is 5.93. The molecule has 0 fully saturated rings. The number of nitrogens with zero attached hydrogens (tertiary/aromatic N) is 3. The van der Waals surface area contributed by atoms with E-state index < -0.39 is 0 Å². The maximum absolute atomic E-state index is 12.3. The van der Waals surface area contributed by atoms with Gasteiger partial charge in [-0.25, -0.2) is 4.68 Å². The number of rotatable bonds is 5. The summed E-state index contributed by atoms with van der Waals surface area (Å²) in [5.41, 5.74) is 11.8. The van der Waals surface area contributed by atoms with Gasteiger partial charge in [0.15, 0.2) is 5.82 Å². The second kappa shape index (κ2) is 8.67. The molecule has 4 N–H and O–H groups in total. The van der Waals surface area contributed by atoms with Crippen LogP contribution < -0.4 is 11.1 Å². The number of nitrogen functional groups attached to an aromatic ring is 1. The first-order chi connectivity index (χ1) is 15.3. The van der Waals surface area contributed by atoms with Crippen molar-refractivity contribution in [2.45, 2.75) is 33.7 Å². The van der Waals surface area contributed by atoms with E-state index in [1.807, 2.05) is 42.6 Å². The third kappa shape index (κ3) is 4.08. The topological polar surface area (TPSA) is 100 Å². The maximum atomic E-state index is 12.3. The summed E-state index contributed by atoms with van der Waals surface area (Å²) in [6.07, 6.45) is 3.95. The number of amides is 1. The zero-order chi connectivity index (χ0) is 23.0. The fraction of sp³-hybridized carbons (Fsp3) is 0.292. The normalized spacial score (nSPS) is 13.2. The minimum Gasteiger partial charge on any atom is -0.398 e. The third-order valence-electron chi connectivity index (χ3n) is 5.78. The Morgan fingerprint density at radius 2 is 2.06 bits per heavy atom. The van der Waals surface area contributed by atoms with Crippen molar-refractivity contribution in [3.05, 3.63) is 63.8 Å². The lowest BCUT2D eigenvalue weighted by Gasteiger charge is -2.30. The molecular weight excluding hydrogens is 424 g/mol. The van der Waals surface area contributed by atoms with Crippen LogP contribution in [0.4, 0.5) is 17.2 Å². The first-order valence-electron chi connectivity index (χ1n) is 10.6. The van der Waals surface area contributed by atoms with Crippen molar-refractivity contribution in [3.63, 3.8) is 0 Å². The predicted molar refractivity (Wildman–Crippen MR) is 129 cm³/mol. The molecule has 2 aromatic carbocycles. The van der Waals surface area contributed by atoms with Gasteiger partial charge in [0.2, 0.25) is 5.91 Å². The molecule has 0 saturated heterocycles. The summed E-state index contributed by atoms with van der Waals surface area (Å²) < 4.78 is 1.84. The van der Waals surface area contributed by atoms with E-state index in [1.54, 1.807) is 12.1 Å². The number of aryl methyl sites for hydroxylation is 1. The maximum Gasteiger partial charge on any atom is 0.225 e. The number of benzene rings is 2.